The number of carbonyl (C=O) groups is 2. The average Bonchev–Trinajstić information content (AvgIpc) is 2.44. The van der Waals surface area contributed by atoms with Crippen molar-refractivity contribution in [2.45, 2.75) is 32.4 Å². The minimum Gasteiger partial charge on any atom is -0.452 e. The van der Waals surface area contributed by atoms with Crippen LogP contribution in [0.25, 0.3) is 0 Å². The zero-order chi connectivity index (χ0) is 17.8. The maximum atomic E-state index is 12.2. The van der Waals surface area contributed by atoms with E-state index in [0.717, 1.165) is 11.4 Å². The molecule has 1 rings (SSSR count). The van der Waals surface area contributed by atoms with Crippen molar-refractivity contribution in [3.63, 3.8) is 0 Å². The summed E-state index contributed by atoms with van der Waals surface area (Å²) in [5.74, 6) is 0. The van der Waals surface area contributed by atoms with Gasteiger partial charge in [0, 0.05) is 26.2 Å². The van der Waals surface area contributed by atoms with Crippen LogP contribution < -0.4 is 10.5 Å². The first-order valence-electron chi connectivity index (χ1n) is 7.05. The maximum absolute atomic E-state index is 12.2. The summed E-state index contributed by atoms with van der Waals surface area (Å²) in [6.07, 6.45) is -1.62. The molecule has 11 heteroatoms. The Morgan fingerprint density at radius 1 is 1.30 bits per heavy atom. The summed E-state index contributed by atoms with van der Waals surface area (Å²) in [7, 11) is -3.03. The van der Waals surface area contributed by atoms with Gasteiger partial charge in [-0.05, 0) is 20.8 Å². The van der Waals surface area contributed by atoms with E-state index >= 15 is 0 Å². The molecule has 0 aromatic heterocycles. The van der Waals surface area contributed by atoms with Gasteiger partial charge < -0.3 is 20.1 Å². The van der Waals surface area contributed by atoms with E-state index in [1.54, 1.807) is 25.5 Å². The van der Waals surface area contributed by atoms with Gasteiger partial charge in [0.25, 0.3) is 0 Å². The van der Waals surface area contributed by atoms with Crippen LogP contribution in [-0.4, -0.2) is 74.7 Å². The molecule has 1 aliphatic heterocycles. The van der Waals surface area contributed by atoms with Crippen molar-refractivity contribution in [1.82, 2.24) is 13.9 Å². The third-order valence-electron chi connectivity index (χ3n) is 3.06. The van der Waals surface area contributed by atoms with E-state index in [-0.39, 0.29) is 26.2 Å². The predicted molar refractivity (Wildman–Crippen MR) is 81.8 cm³/mol. The topological polar surface area (TPSA) is 131 Å². The van der Waals surface area contributed by atoms with Crippen LogP contribution in [-0.2, 0) is 19.7 Å². The molecule has 0 spiro atoms. The lowest BCUT2D eigenvalue weighted by Crippen LogP contribution is -2.61. The highest BCUT2D eigenvalue weighted by Gasteiger charge is 2.38. The van der Waals surface area contributed by atoms with E-state index in [2.05, 4.69) is 4.74 Å². The Hall–Kier alpha value is -1.59. The van der Waals surface area contributed by atoms with Gasteiger partial charge in [0.15, 0.2) is 0 Å². The molecule has 1 aliphatic rings. The monoisotopic (exact) mass is 352 g/mol. The fourth-order valence-corrected chi connectivity index (χ4v) is 3.32. The van der Waals surface area contributed by atoms with Crippen LogP contribution in [0.4, 0.5) is 9.59 Å². The Morgan fingerprint density at radius 2 is 1.91 bits per heavy atom. The van der Waals surface area contributed by atoms with Crippen molar-refractivity contribution in [3.05, 3.63) is 0 Å². The van der Waals surface area contributed by atoms with Crippen LogP contribution in [0.2, 0.25) is 0 Å². The number of nitrogens with two attached hydrogens (primary N) is 1. The number of hydrogen-bond donors (Lipinski definition) is 2. The summed E-state index contributed by atoms with van der Waals surface area (Å²) in [6, 6.07) is -0.668. The van der Waals surface area contributed by atoms with E-state index in [9.17, 15) is 18.0 Å². The largest absolute Gasteiger partial charge is 0.452 e. The summed E-state index contributed by atoms with van der Waals surface area (Å²) in [4.78, 5) is 24.6. The average molecular weight is 352 g/mol. The Morgan fingerprint density at radius 3 is 2.39 bits per heavy atom. The van der Waals surface area contributed by atoms with Crippen molar-refractivity contribution in [1.29, 1.82) is 0 Å². The van der Waals surface area contributed by atoms with Crippen molar-refractivity contribution in [3.8, 4) is 0 Å². The number of methoxy groups -OCH3 is 1. The zero-order valence-corrected chi connectivity index (χ0v) is 14.6. The van der Waals surface area contributed by atoms with E-state index < -0.39 is 34.0 Å². The van der Waals surface area contributed by atoms with Crippen LogP contribution in [0.5, 0.6) is 0 Å². The van der Waals surface area contributed by atoms with Crippen LogP contribution in [0.1, 0.15) is 20.8 Å². The second-order valence-electron chi connectivity index (χ2n) is 6.03. The molecule has 0 aromatic carbocycles. The Labute approximate surface area is 136 Å². The first kappa shape index (κ1) is 19.5. The molecule has 0 aromatic rings. The minimum atomic E-state index is -4.09. The smallest absolute Gasteiger partial charge is 0.421 e. The van der Waals surface area contributed by atoms with Gasteiger partial charge >= 0.3 is 22.4 Å². The summed E-state index contributed by atoms with van der Waals surface area (Å²) in [5, 5.41) is 0. The lowest BCUT2D eigenvalue weighted by molar-refractivity contribution is 0.0136. The number of hydrogen-bond acceptors (Lipinski definition) is 7. The van der Waals surface area contributed by atoms with Gasteiger partial charge in [0.2, 0.25) is 0 Å². The number of carbonyl (C=O) groups excluding carboxylic acids is 2. The number of ether oxygens (including phenoxy) is 2. The van der Waals surface area contributed by atoms with E-state index in [1.807, 2.05) is 0 Å². The fourth-order valence-electron chi connectivity index (χ4n) is 2.05. The standard InChI is InChI=1S/C12H24N4O6S/c1-12(2,3)22-11(18)15-5-6-16(9(7-13)8-15)23(19,20)14-10(17)21-4/h9H,5-8,13H2,1-4H3,(H,14,17). The predicted octanol–water partition coefficient (Wildman–Crippen LogP) is -0.533. The van der Waals surface area contributed by atoms with Crippen LogP contribution in [0.15, 0.2) is 0 Å². The van der Waals surface area contributed by atoms with Crippen molar-refractivity contribution >= 4 is 22.4 Å². The van der Waals surface area contributed by atoms with E-state index in [4.69, 9.17) is 10.5 Å². The van der Waals surface area contributed by atoms with Gasteiger partial charge in [-0.25, -0.2) is 14.3 Å². The van der Waals surface area contributed by atoms with Gasteiger partial charge in [-0.1, -0.05) is 0 Å². The zero-order valence-electron chi connectivity index (χ0n) is 13.7. The Kier molecular flexibility index (Phi) is 6.19. The second-order valence-corrected chi connectivity index (χ2v) is 7.65. The lowest BCUT2D eigenvalue weighted by Gasteiger charge is -2.39. The Balaban J connectivity index is 2.80. The molecule has 3 N–H and O–H groups in total. The third-order valence-corrected chi connectivity index (χ3v) is 4.58. The molecule has 0 saturated carbocycles. The van der Waals surface area contributed by atoms with Crippen LogP contribution in [0.3, 0.4) is 0 Å². The minimum absolute atomic E-state index is 0.00651. The number of amides is 2. The van der Waals surface area contributed by atoms with Crippen LogP contribution >= 0.6 is 0 Å². The quantitative estimate of drug-likeness (QED) is 0.698. The molecule has 0 bridgehead atoms. The maximum Gasteiger partial charge on any atom is 0.421 e. The van der Waals surface area contributed by atoms with Crippen molar-refractivity contribution in [2.75, 3.05) is 33.3 Å². The number of piperazine rings is 1. The van der Waals surface area contributed by atoms with Gasteiger partial charge in [-0.2, -0.15) is 12.7 Å². The first-order valence-corrected chi connectivity index (χ1v) is 8.49. The first-order chi connectivity index (χ1) is 10.5. The highest BCUT2D eigenvalue weighted by molar-refractivity contribution is 7.87. The molecule has 1 unspecified atom stereocenters. The molecule has 134 valence electrons. The van der Waals surface area contributed by atoms with Crippen molar-refractivity contribution < 1.29 is 27.5 Å². The Bertz CT molecular complexity index is 544. The van der Waals surface area contributed by atoms with Gasteiger partial charge in [0.1, 0.15) is 5.60 Å². The van der Waals surface area contributed by atoms with Crippen molar-refractivity contribution in [2.24, 2.45) is 5.73 Å². The number of nitrogens with zero attached hydrogens (tertiary/aromatic N) is 2. The van der Waals surface area contributed by atoms with Gasteiger partial charge in [-0.15, -0.1) is 0 Å². The SMILES string of the molecule is COC(=O)NS(=O)(=O)N1CCN(C(=O)OC(C)(C)C)CC1CN. The lowest BCUT2D eigenvalue weighted by atomic mass is 10.2. The van der Waals surface area contributed by atoms with E-state index in [0.29, 0.717) is 0 Å². The highest BCUT2D eigenvalue weighted by atomic mass is 32.2. The van der Waals surface area contributed by atoms with E-state index in [1.165, 1.54) is 4.90 Å². The summed E-state index contributed by atoms with van der Waals surface area (Å²) >= 11 is 0. The molecule has 10 nitrogen and oxygen atoms in total. The van der Waals surface area contributed by atoms with Gasteiger partial charge in [0.05, 0.1) is 13.2 Å². The molecular weight excluding hydrogens is 328 g/mol. The van der Waals surface area contributed by atoms with Gasteiger partial charge in [-0.3, -0.25) is 0 Å². The normalized spacial score (nSPS) is 20.0. The molecule has 2 amide bonds. The number of rotatable bonds is 3. The summed E-state index contributed by atoms with van der Waals surface area (Å²) < 4.78 is 36.7. The third kappa shape index (κ3) is 5.52. The molecule has 1 fully saturated rings. The fraction of sp³-hybridized carbons (Fsp3) is 0.833. The van der Waals surface area contributed by atoms with Crippen LogP contribution in [0, 0.1) is 0 Å². The molecule has 0 radical (unpaired) electrons. The molecule has 1 saturated heterocycles. The molecule has 0 aliphatic carbocycles. The summed E-state index contributed by atoms with van der Waals surface area (Å²) in [6.45, 7) is 5.42. The molecule has 1 heterocycles. The second kappa shape index (κ2) is 7.32. The molecule has 23 heavy (non-hydrogen) atoms. The number of nitrogens with one attached hydrogen (secondary N) is 1. The highest BCUT2D eigenvalue weighted by Crippen LogP contribution is 2.16. The molecular formula is C12H24N4O6S. The summed E-state index contributed by atoms with van der Waals surface area (Å²) in [5.41, 5.74) is 4.97. The molecule has 1 atom stereocenters.